The number of aromatic carboxylic acids is 1. The fraction of sp³-hybridized carbons (Fsp3) is 0.667. The summed E-state index contributed by atoms with van der Waals surface area (Å²) in [6.45, 7) is 2.06. The van der Waals surface area contributed by atoms with Crippen LogP contribution in [0.1, 0.15) is 23.3 Å². The van der Waals surface area contributed by atoms with Gasteiger partial charge in [-0.05, 0) is 18.8 Å². The zero-order valence-electron chi connectivity index (χ0n) is 11.4. The lowest BCUT2D eigenvalue weighted by Crippen LogP contribution is -2.42. The zero-order chi connectivity index (χ0) is 14.5. The number of methoxy groups -OCH3 is 1. The number of nitrogens with zero attached hydrogens (tertiary/aromatic N) is 4. The normalized spacial score (nSPS) is 19.1. The number of carboxylic acids is 1. The fourth-order valence-corrected chi connectivity index (χ4v) is 2.38. The second kappa shape index (κ2) is 6.47. The van der Waals surface area contributed by atoms with Gasteiger partial charge in [0, 0.05) is 20.2 Å². The van der Waals surface area contributed by atoms with E-state index in [4.69, 9.17) is 9.84 Å². The van der Waals surface area contributed by atoms with Crippen LogP contribution in [0.2, 0.25) is 0 Å². The number of amides is 1. The third kappa shape index (κ3) is 3.53. The van der Waals surface area contributed by atoms with Gasteiger partial charge in [0.2, 0.25) is 5.91 Å². The van der Waals surface area contributed by atoms with E-state index in [9.17, 15) is 9.59 Å². The summed E-state index contributed by atoms with van der Waals surface area (Å²) < 4.78 is 6.38. The van der Waals surface area contributed by atoms with Gasteiger partial charge in [-0.3, -0.25) is 4.79 Å². The number of rotatable bonds is 5. The van der Waals surface area contributed by atoms with E-state index in [0.717, 1.165) is 19.4 Å². The van der Waals surface area contributed by atoms with E-state index in [0.29, 0.717) is 19.1 Å². The molecule has 8 nitrogen and oxygen atoms in total. The van der Waals surface area contributed by atoms with Crippen molar-refractivity contribution in [3.63, 3.8) is 0 Å². The van der Waals surface area contributed by atoms with Crippen LogP contribution < -0.4 is 0 Å². The van der Waals surface area contributed by atoms with Crippen molar-refractivity contribution in [2.24, 2.45) is 5.92 Å². The monoisotopic (exact) mass is 282 g/mol. The first-order chi connectivity index (χ1) is 9.60. The number of hydrogen-bond acceptors (Lipinski definition) is 5. The van der Waals surface area contributed by atoms with Crippen LogP contribution >= 0.6 is 0 Å². The van der Waals surface area contributed by atoms with Crippen molar-refractivity contribution in [3.8, 4) is 0 Å². The quantitative estimate of drug-likeness (QED) is 0.807. The number of piperidine rings is 1. The molecule has 0 radical (unpaired) electrons. The van der Waals surface area contributed by atoms with Gasteiger partial charge in [-0.1, -0.05) is 5.21 Å². The van der Waals surface area contributed by atoms with Crippen molar-refractivity contribution in [1.29, 1.82) is 0 Å². The van der Waals surface area contributed by atoms with Crippen molar-refractivity contribution >= 4 is 11.9 Å². The van der Waals surface area contributed by atoms with Gasteiger partial charge >= 0.3 is 5.97 Å². The van der Waals surface area contributed by atoms with Crippen molar-refractivity contribution in [3.05, 3.63) is 11.9 Å². The van der Waals surface area contributed by atoms with Gasteiger partial charge in [-0.15, -0.1) is 5.10 Å². The Bertz CT molecular complexity index is 486. The zero-order valence-corrected chi connectivity index (χ0v) is 11.4. The number of ether oxygens (including phenoxy) is 1. The van der Waals surface area contributed by atoms with E-state index in [2.05, 4.69) is 10.3 Å². The lowest BCUT2D eigenvalue weighted by Gasteiger charge is -2.32. The minimum atomic E-state index is -1.15. The second-order valence-electron chi connectivity index (χ2n) is 4.91. The van der Waals surface area contributed by atoms with Gasteiger partial charge in [0.1, 0.15) is 6.54 Å². The molecule has 2 heterocycles. The first-order valence-corrected chi connectivity index (χ1v) is 6.50. The van der Waals surface area contributed by atoms with Gasteiger partial charge in [-0.25, -0.2) is 9.48 Å². The number of carbonyl (C=O) groups is 2. The van der Waals surface area contributed by atoms with Crippen molar-refractivity contribution < 1.29 is 19.4 Å². The van der Waals surface area contributed by atoms with E-state index >= 15 is 0 Å². The molecule has 1 atom stereocenters. The molecular formula is C12H18N4O4. The maximum atomic E-state index is 12.1. The predicted octanol–water partition coefficient (Wildman–Crippen LogP) is -0.139. The Balaban J connectivity index is 1.91. The van der Waals surface area contributed by atoms with Crippen molar-refractivity contribution in [2.75, 3.05) is 26.8 Å². The Hall–Kier alpha value is -1.96. The Morgan fingerprint density at radius 3 is 3.00 bits per heavy atom. The Labute approximate surface area is 116 Å². The van der Waals surface area contributed by atoms with E-state index in [1.807, 2.05) is 0 Å². The molecule has 1 amide bonds. The number of carboxylic acid groups (broad SMARTS) is 1. The minimum absolute atomic E-state index is 0.0139. The average Bonchev–Trinajstić information content (AvgIpc) is 2.88. The highest BCUT2D eigenvalue weighted by Crippen LogP contribution is 2.16. The van der Waals surface area contributed by atoms with Crippen molar-refractivity contribution in [1.82, 2.24) is 19.9 Å². The molecule has 1 aromatic heterocycles. The molecule has 110 valence electrons. The van der Waals surface area contributed by atoms with Crippen LogP contribution in [0.25, 0.3) is 0 Å². The third-order valence-corrected chi connectivity index (χ3v) is 3.33. The van der Waals surface area contributed by atoms with Gasteiger partial charge in [0.25, 0.3) is 0 Å². The Morgan fingerprint density at radius 2 is 2.35 bits per heavy atom. The molecule has 8 heteroatoms. The number of likely N-dealkylation sites (tertiary alicyclic amines) is 1. The summed E-state index contributed by atoms with van der Waals surface area (Å²) in [5, 5.41) is 15.9. The molecule has 2 rings (SSSR count). The standard InChI is InChI=1S/C12H18N4O4/c1-20-8-9-3-2-4-15(5-9)11(17)7-16-6-10(12(18)19)13-14-16/h6,9H,2-5,7-8H2,1H3,(H,18,19). The molecule has 1 saturated heterocycles. The lowest BCUT2D eigenvalue weighted by molar-refractivity contribution is -0.134. The highest BCUT2D eigenvalue weighted by molar-refractivity contribution is 5.84. The van der Waals surface area contributed by atoms with E-state index < -0.39 is 5.97 Å². The lowest BCUT2D eigenvalue weighted by atomic mass is 9.99. The van der Waals surface area contributed by atoms with E-state index in [1.54, 1.807) is 12.0 Å². The van der Waals surface area contributed by atoms with Crippen LogP contribution in [0.4, 0.5) is 0 Å². The molecule has 1 aliphatic heterocycles. The SMILES string of the molecule is COCC1CCCN(C(=O)Cn2cc(C(=O)O)nn2)C1. The van der Waals surface area contributed by atoms with Crippen LogP contribution in [-0.4, -0.2) is 63.7 Å². The van der Waals surface area contributed by atoms with Gasteiger partial charge < -0.3 is 14.7 Å². The molecule has 1 fully saturated rings. The summed E-state index contributed by atoms with van der Waals surface area (Å²) in [6.07, 6.45) is 3.28. The van der Waals surface area contributed by atoms with Crippen LogP contribution in [0, 0.1) is 5.92 Å². The molecular weight excluding hydrogens is 264 g/mol. The molecule has 0 spiro atoms. The highest BCUT2D eigenvalue weighted by Gasteiger charge is 2.24. The molecule has 0 aromatic carbocycles. The smallest absolute Gasteiger partial charge is 0.358 e. The summed E-state index contributed by atoms with van der Waals surface area (Å²) in [5.41, 5.74) is -0.159. The summed E-state index contributed by atoms with van der Waals surface area (Å²) in [6, 6.07) is 0. The first kappa shape index (κ1) is 14.4. The van der Waals surface area contributed by atoms with Crippen molar-refractivity contribution in [2.45, 2.75) is 19.4 Å². The minimum Gasteiger partial charge on any atom is -0.476 e. The van der Waals surface area contributed by atoms with E-state index in [1.165, 1.54) is 10.9 Å². The molecule has 0 aliphatic carbocycles. The van der Waals surface area contributed by atoms with E-state index in [-0.39, 0.29) is 18.1 Å². The Morgan fingerprint density at radius 1 is 1.55 bits per heavy atom. The van der Waals surface area contributed by atoms with Crippen LogP contribution in [0.15, 0.2) is 6.20 Å². The van der Waals surface area contributed by atoms with Crippen LogP contribution in [0.5, 0.6) is 0 Å². The molecule has 20 heavy (non-hydrogen) atoms. The van der Waals surface area contributed by atoms with Gasteiger partial charge in [-0.2, -0.15) is 0 Å². The molecule has 1 N–H and O–H groups in total. The Kier molecular flexibility index (Phi) is 4.67. The maximum absolute atomic E-state index is 12.1. The largest absolute Gasteiger partial charge is 0.476 e. The fourth-order valence-electron chi connectivity index (χ4n) is 2.38. The van der Waals surface area contributed by atoms with Gasteiger partial charge in [0.15, 0.2) is 5.69 Å². The summed E-state index contributed by atoms with van der Waals surface area (Å²) in [7, 11) is 1.66. The number of carbonyl (C=O) groups excluding carboxylic acids is 1. The predicted molar refractivity (Wildman–Crippen MR) is 68.2 cm³/mol. The van der Waals surface area contributed by atoms with Crippen LogP contribution in [-0.2, 0) is 16.1 Å². The number of aromatic nitrogens is 3. The number of hydrogen-bond donors (Lipinski definition) is 1. The summed E-state index contributed by atoms with van der Waals surface area (Å²) in [5.74, 6) is -0.863. The topological polar surface area (TPSA) is 97.5 Å². The second-order valence-corrected chi connectivity index (χ2v) is 4.91. The average molecular weight is 282 g/mol. The van der Waals surface area contributed by atoms with Crippen LogP contribution in [0.3, 0.4) is 0 Å². The molecule has 1 aromatic rings. The highest BCUT2D eigenvalue weighted by atomic mass is 16.5. The first-order valence-electron chi connectivity index (χ1n) is 6.50. The molecule has 0 saturated carbocycles. The summed E-state index contributed by atoms with van der Waals surface area (Å²) in [4.78, 5) is 24.6. The molecule has 1 aliphatic rings. The maximum Gasteiger partial charge on any atom is 0.358 e. The third-order valence-electron chi connectivity index (χ3n) is 3.33. The molecule has 0 bridgehead atoms. The summed E-state index contributed by atoms with van der Waals surface area (Å²) >= 11 is 0. The molecule has 1 unspecified atom stereocenters. The van der Waals surface area contributed by atoms with Gasteiger partial charge in [0.05, 0.1) is 12.8 Å².